The lowest BCUT2D eigenvalue weighted by Gasteiger charge is -2.27. The number of benzene rings is 3. The lowest BCUT2D eigenvalue weighted by Crippen LogP contribution is -2.17. The molecule has 0 spiro atoms. The van der Waals surface area contributed by atoms with Crippen LogP contribution in [0.2, 0.25) is 0 Å². The molecule has 0 bridgehead atoms. The molecule has 0 amide bonds. The number of rotatable bonds is 3. The van der Waals surface area contributed by atoms with Crippen LogP contribution in [0.1, 0.15) is 41.5 Å². The summed E-state index contributed by atoms with van der Waals surface area (Å²) in [6.45, 7) is 1.75. The maximum atomic E-state index is 15.1. The average Bonchev–Trinajstić information content (AvgIpc) is 2.71. The van der Waals surface area contributed by atoms with Crippen molar-refractivity contribution in [1.29, 1.82) is 0 Å². The van der Waals surface area contributed by atoms with Crippen molar-refractivity contribution < 1.29 is 22.0 Å². The summed E-state index contributed by atoms with van der Waals surface area (Å²) in [6, 6.07) is 9.39. The molecule has 0 nitrogen and oxygen atoms in total. The Balaban J connectivity index is 1.71. The van der Waals surface area contributed by atoms with Crippen LogP contribution in [0.5, 0.6) is 0 Å². The first-order valence-corrected chi connectivity index (χ1v) is 9.63. The molecule has 1 aliphatic rings. The summed E-state index contributed by atoms with van der Waals surface area (Å²) in [5.74, 6) is -3.97. The van der Waals surface area contributed by atoms with Crippen molar-refractivity contribution in [2.75, 3.05) is 0 Å². The standard InChI is InChI=1S/C24H19F5/c1-2-13-5-9-18(24(29)22(13)27)15-6-10-19-16(11-15)12-20(26)21(23(19)28)14-3-7-17(25)8-4-14/h3-5,7-9,12,15H,2,6,10-11H2,1H3. The second-order valence-electron chi connectivity index (χ2n) is 7.43. The molecule has 1 unspecified atom stereocenters. The fraction of sp³-hybridized carbons (Fsp3) is 0.250. The summed E-state index contributed by atoms with van der Waals surface area (Å²) in [6.07, 6.45) is 1.34. The van der Waals surface area contributed by atoms with E-state index in [2.05, 4.69) is 0 Å². The van der Waals surface area contributed by atoms with Crippen molar-refractivity contribution in [3.05, 3.63) is 93.8 Å². The molecule has 150 valence electrons. The molecule has 5 heteroatoms. The number of hydrogen-bond donors (Lipinski definition) is 0. The van der Waals surface area contributed by atoms with Crippen molar-refractivity contribution in [1.82, 2.24) is 0 Å². The number of aryl methyl sites for hydroxylation is 1. The van der Waals surface area contributed by atoms with Gasteiger partial charge in [-0.05, 0) is 77.6 Å². The van der Waals surface area contributed by atoms with Crippen LogP contribution in [-0.4, -0.2) is 0 Å². The Hall–Kier alpha value is -2.69. The predicted molar refractivity (Wildman–Crippen MR) is 102 cm³/mol. The van der Waals surface area contributed by atoms with Crippen molar-refractivity contribution in [3.8, 4) is 11.1 Å². The topological polar surface area (TPSA) is 0 Å². The highest BCUT2D eigenvalue weighted by Gasteiger charge is 2.29. The van der Waals surface area contributed by atoms with E-state index >= 15 is 4.39 Å². The number of hydrogen-bond acceptors (Lipinski definition) is 0. The molecule has 3 aromatic carbocycles. The third kappa shape index (κ3) is 3.43. The van der Waals surface area contributed by atoms with Gasteiger partial charge in [-0.15, -0.1) is 0 Å². The summed E-state index contributed by atoms with van der Waals surface area (Å²) in [7, 11) is 0. The van der Waals surface area contributed by atoms with Gasteiger partial charge in [0.25, 0.3) is 0 Å². The monoisotopic (exact) mass is 402 g/mol. The van der Waals surface area contributed by atoms with Gasteiger partial charge < -0.3 is 0 Å². The molecule has 0 saturated carbocycles. The van der Waals surface area contributed by atoms with E-state index in [9.17, 15) is 17.6 Å². The Morgan fingerprint density at radius 2 is 1.59 bits per heavy atom. The van der Waals surface area contributed by atoms with E-state index in [0.29, 0.717) is 29.5 Å². The average molecular weight is 402 g/mol. The fourth-order valence-electron chi connectivity index (χ4n) is 4.19. The smallest absolute Gasteiger partial charge is 0.162 e. The SMILES string of the molecule is CCc1ccc(C2CCc3c(cc(F)c(-c4ccc(F)cc4)c3F)C2)c(F)c1F. The van der Waals surface area contributed by atoms with Crippen LogP contribution in [0.15, 0.2) is 42.5 Å². The molecule has 4 rings (SSSR count). The lowest BCUT2D eigenvalue weighted by molar-refractivity contribution is 0.463. The van der Waals surface area contributed by atoms with Gasteiger partial charge >= 0.3 is 0 Å². The third-order valence-electron chi connectivity index (χ3n) is 5.77. The summed E-state index contributed by atoms with van der Waals surface area (Å²) in [5, 5.41) is 0. The minimum atomic E-state index is -0.873. The molecule has 0 heterocycles. The maximum Gasteiger partial charge on any atom is 0.162 e. The van der Waals surface area contributed by atoms with E-state index in [1.807, 2.05) is 0 Å². The van der Waals surface area contributed by atoms with Crippen LogP contribution >= 0.6 is 0 Å². The van der Waals surface area contributed by atoms with E-state index in [-0.39, 0.29) is 35.4 Å². The number of fused-ring (bicyclic) bond motifs is 1. The van der Waals surface area contributed by atoms with Gasteiger partial charge in [-0.2, -0.15) is 0 Å². The van der Waals surface area contributed by atoms with Gasteiger partial charge in [0.15, 0.2) is 11.6 Å². The molecule has 0 aliphatic heterocycles. The number of halogens is 5. The zero-order valence-corrected chi connectivity index (χ0v) is 15.8. The molecule has 1 aliphatic carbocycles. The molecule has 3 aromatic rings. The minimum Gasteiger partial charge on any atom is -0.207 e. The van der Waals surface area contributed by atoms with Gasteiger partial charge in [0, 0.05) is 0 Å². The van der Waals surface area contributed by atoms with Crippen LogP contribution in [0, 0.1) is 29.1 Å². The summed E-state index contributed by atoms with van der Waals surface area (Å²) in [5.41, 5.74) is 1.47. The van der Waals surface area contributed by atoms with E-state index in [0.717, 1.165) is 12.1 Å². The van der Waals surface area contributed by atoms with Crippen LogP contribution in [0.4, 0.5) is 22.0 Å². The normalized spacial score (nSPS) is 16.0. The first-order valence-electron chi connectivity index (χ1n) is 9.63. The van der Waals surface area contributed by atoms with Crippen LogP contribution in [0.25, 0.3) is 11.1 Å². The van der Waals surface area contributed by atoms with Crippen molar-refractivity contribution in [3.63, 3.8) is 0 Å². The van der Waals surface area contributed by atoms with Gasteiger partial charge in [-0.1, -0.05) is 31.2 Å². The molecular weight excluding hydrogens is 383 g/mol. The van der Waals surface area contributed by atoms with Crippen molar-refractivity contribution in [2.24, 2.45) is 0 Å². The lowest BCUT2D eigenvalue weighted by atomic mass is 9.78. The van der Waals surface area contributed by atoms with Gasteiger partial charge in [0.2, 0.25) is 0 Å². The molecule has 29 heavy (non-hydrogen) atoms. The molecule has 1 atom stereocenters. The molecule has 0 fully saturated rings. The zero-order chi connectivity index (χ0) is 20.7. The zero-order valence-electron chi connectivity index (χ0n) is 15.8. The Labute approximate surface area is 166 Å². The molecule has 0 aromatic heterocycles. The van der Waals surface area contributed by atoms with Crippen LogP contribution in [-0.2, 0) is 19.3 Å². The van der Waals surface area contributed by atoms with Crippen LogP contribution in [0.3, 0.4) is 0 Å². The Morgan fingerprint density at radius 3 is 2.28 bits per heavy atom. The van der Waals surface area contributed by atoms with Crippen molar-refractivity contribution in [2.45, 2.75) is 38.5 Å². The third-order valence-corrected chi connectivity index (χ3v) is 5.77. The Kier molecular flexibility index (Phi) is 5.15. The molecule has 0 radical (unpaired) electrons. The largest absolute Gasteiger partial charge is 0.207 e. The van der Waals surface area contributed by atoms with E-state index in [4.69, 9.17) is 0 Å². The van der Waals surface area contributed by atoms with E-state index in [1.165, 1.54) is 18.2 Å². The highest BCUT2D eigenvalue weighted by atomic mass is 19.2. The molecule has 0 saturated heterocycles. The van der Waals surface area contributed by atoms with Gasteiger partial charge in [-0.25, -0.2) is 22.0 Å². The van der Waals surface area contributed by atoms with Gasteiger partial charge in [0.05, 0.1) is 5.56 Å². The minimum absolute atomic E-state index is 0.188. The van der Waals surface area contributed by atoms with E-state index in [1.54, 1.807) is 19.1 Å². The first-order chi connectivity index (χ1) is 13.9. The second-order valence-corrected chi connectivity index (χ2v) is 7.43. The molecular formula is C24H19F5. The van der Waals surface area contributed by atoms with Gasteiger partial charge in [0.1, 0.15) is 17.5 Å². The van der Waals surface area contributed by atoms with E-state index < -0.39 is 29.1 Å². The highest BCUT2D eigenvalue weighted by molar-refractivity contribution is 5.67. The predicted octanol–water partition coefficient (Wildman–Crippen LogP) is 6.88. The summed E-state index contributed by atoms with van der Waals surface area (Å²) >= 11 is 0. The summed E-state index contributed by atoms with van der Waals surface area (Å²) in [4.78, 5) is 0. The van der Waals surface area contributed by atoms with Crippen LogP contribution < -0.4 is 0 Å². The first kappa shape index (κ1) is 19.6. The maximum absolute atomic E-state index is 15.1. The van der Waals surface area contributed by atoms with Crippen molar-refractivity contribution >= 4 is 0 Å². The highest BCUT2D eigenvalue weighted by Crippen LogP contribution is 2.39. The fourth-order valence-corrected chi connectivity index (χ4v) is 4.19. The summed E-state index contributed by atoms with van der Waals surface area (Å²) < 4.78 is 71.7. The Bertz CT molecular complexity index is 1070. The second kappa shape index (κ2) is 7.62. The quantitative estimate of drug-likeness (QED) is 0.419. The molecule has 0 N–H and O–H groups in total. The Morgan fingerprint density at radius 1 is 0.862 bits per heavy atom. The van der Waals surface area contributed by atoms with Gasteiger partial charge in [-0.3, -0.25) is 0 Å².